The predicted octanol–water partition coefficient (Wildman–Crippen LogP) is 4.60. The standard InChI is InChI=1S/C30H32N4O3/c1-2-7-25-20-23(10-11-24(25)6-1)13-17-33-15-5-16-34(19-18-33)30-31-14-12-29(32-30)36-22-26-21-35-27-8-3-4-9-28(27)37-26/h1-4,6-12,14,20,26H,5,13,15-19,21-22H2. The fourth-order valence-corrected chi connectivity index (χ4v) is 4.96. The number of nitrogens with zero attached hydrogens (tertiary/aromatic N) is 4. The van der Waals surface area contributed by atoms with Gasteiger partial charge in [-0.1, -0.05) is 54.6 Å². The lowest BCUT2D eigenvalue weighted by Gasteiger charge is -2.26. The zero-order chi connectivity index (χ0) is 24.9. The van der Waals surface area contributed by atoms with Crippen LogP contribution in [-0.2, 0) is 6.42 Å². The van der Waals surface area contributed by atoms with E-state index >= 15 is 0 Å². The van der Waals surface area contributed by atoms with E-state index in [1.807, 2.05) is 24.3 Å². The highest BCUT2D eigenvalue weighted by atomic mass is 16.6. The predicted molar refractivity (Wildman–Crippen MR) is 145 cm³/mol. The average Bonchev–Trinajstić information content (AvgIpc) is 3.21. The van der Waals surface area contributed by atoms with Crippen LogP contribution in [0.15, 0.2) is 79.0 Å². The number of hydrogen-bond acceptors (Lipinski definition) is 7. The Hall–Kier alpha value is -3.84. The molecule has 37 heavy (non-hydrogen) atoms. The fraction of sp³-hybridized carbons (Fsp3) is 0.333. The molecule has 6 rings (SSSR count). The van der Waals surface area contributed by atoms with Crippen molar-refractivity contribution >= 4 is 16.7 Å². The summed E-state index contributed by atoms with van der Waals surface area (Å²) < 4.78 is 17.7. The van der Waals surface area contributed by atoms with Gasteiger partial charge in [0.1, 0.15) is 13.2 Å². The Labute approximate surface area is 217 Å². The summed E-state index contributed by atoms with van der Waals surface area (Å²) in [4.78, 5) is 14.0. The minimum atomic E-state index is -0.178. The third kappa shape index (κ3) is 5.78. The van der Waals surface area contributed by atoms with Crippen molar-refractivity contribution < 1.29 is 14.2 Å². The SMILES string of the molecule is c1ccc2c(c1)OCC(COc1ccnc(N3CCCN(CCc4ccc5ccccc5c4)CC3)n1)O2. The number of hydrogen-bond donors (Lipinski definition) is 0. The van der Waals surface area contributed by atoms with Crippen LogP contribution in [0, 0.1) is 0 Å². The van der Waals surface area contributed by atoms with E-state index in [0.29, 0.717) is 19.1 Å². The summed E-state index contributed by atoms with van der Waals surface area (Å²) in [6.07, 6.45) is 3.73. The summed E-state index contributed by atoms with van der Waals surface area (Å²) in [5.41, 5.74) is 1.39. The van der Waals surface area contributed by atoms with Crippen LogP contribution in [0.3, 0.4) is 0 Å². The van der Waals surface area contributed by atoms with E-state index in [1.54, 1.807) is 12.3 Å². The zero-order valence-electron chi connectivity index (χ0n) is 21.0. The Balaban J connectivity index is 1.01. The molecule has 0 spiro atoms. The average molecular weight is 497 g/mol. The van der Waals surface area contributed by atoms with E-state index < -0.39 is 0 Å². The van der Waals surface area contributed by atoms with Gasteiger partial charge in [-0.3, -0.25) is 0 Å². The molecule has 2 aliphatic rings. The Bertz CT molecular complexity index is 1350. The minimum Gasteiger partial charge on any atom is -0.486 e. The van der Waals surface area contributed by atoms with Crippen molar-refractivity contribution in [3.05, 3.63) is 84.6 Å². The van der Waals surface area contributed by atoms with Gasteiger partial charge in [0.2, 0.25) is 11.8 Å². The second kappa shape index (κ2) is 11.0. The lowest BCUT2D eigenvalue weighted by Crippen LogP contribution is -2.35. The van der Waals surface area contributed by atoms with Gasteiger partial charge in [0.15, 0.2) is 17.6 Å². The van der Waals surface area contributed by atoms with Crippen LogP contribution in [0.5, 0.6) is 17.4 Å². The number of anilines is 1. The van der Waals surface area contributed by atoms with Crippen LogP contribution in [0.25, 0.3) is 10.8 Å². The lowest BCUT2D eigenvalue weighted by atomic mass is 10.0. The number of fused-ring (bicyclic) bond motifs is 2. The Morgan fingerprint density at radius 3 is 2.68 bits per heavy atom. The largest absolute Gasteiger partial charge is 0.486 e. The maximum absolute atomic E-state index is 6.00. The van der Waals surface area contributed by atoms with Gasteiger partial charge in [-0.05, 0) is 47.9 Å². The molecule has 1 aromatic heterocycles. The molecule has 1 atom stereocenters. The van der Waals surface area contributed by atoms with Crippen LogP contribution < -0.4 is 19.1 Å². The Morgan fingerprint density at radius 2 is 1.73 bits per heavy atom. The molecule has 0 N–H and O–H groups in total. The first-order valence-corrected chi connectivity index (χ1v) is 13.1. The highest BCUT2D eigenvalue weighted by Crippen LogP contribution is 2.31. The van der Waals surface area contributed by atoms with Crippen molar-refractivity contribution in [2.24, 2.45) is 0 Å². The fourth-order valence-electron chi connectivity index (χ4n) is 4.96. The van der Waals surface area contributed by atoms with Crippen molar-refractivity contribution in [2.45, 2.75) is 18.9 Å². The van der Waals surface area contributed by atoms with Crippen LogP contribution in [0.2, 0.25) is 0 Å². The molecule has 7 nitrogen and oxygen atoms in total. The quantitative estimate of drug-likeness (QED) is 0.371. The summed E-state index contributed by atoms with van der Waals surface area (Å²) in [6.45, 7) is 5.80. The van der Waals surface area contributed by atoms with E-state index in [-0.39, 0.29) is 6.10 Å². The van der Waals surface area contributed by atoms with E-state index in [4.69, 9.17) is 19.2 Å². The smallest absolute Gasteiger partial charge is 0.228 e. The maximum Gasteiger partial charge on any atom is 0.228 e. The van der Waals surface area contributed by atoms with E-state index in [0.717, 1.165) is 63.0 Å². The molecular weight excluding hydrogens is 464 g/mol. The highest BCUT2D eigenvalue weighted by molar-refractivity contribution is 5.82. The van der Waals surface area contributed by atoms with Crippen molar-refractivity contribution in [1.82, 2.24) is 14.9 Å². The molecule has 190 valence electrons. The van der Waals surface area contributed by atoms with Crippen molar-refractivity contribution in [2.75, 3.05) is 50.8 Å². The van der Waals surface area contributed by atoms with Crippen LogP contribution in [0.1, 0.15) is 12.0 Å². The van der Waals surface area contributed by atoms with E-state index in [9.17, 15) is 0 Å². The van der Waals surface area contributed by atoms with Gasteiger partial charge < -0.3 is 24.0 Å². The van der Waals surface area contributed by atoms with Crippen molar-refractivity contribution in [3.63, 3.8) is 0 Å². The van der Waals surface area contributed by atoms with E-state index in [1.165, 1.54) is 16.3 Å². The first-order valence-electron chi connectivity index (χ1n) is 13.1. The molecule has 4 aromatic rings. The summed E-state index contributed by atoms with van der Waals surface area (Å²) in [5, 5.41) is 2.61. The van der Waals surface area contributed by atoms with Crippen LogP contribution in [0.4, 0.5) is 5.95 Å². The molecule has 0 aliphatic carbocycles. The maximum atomic E-state index is 6.00. The van der Waals surface area contributed by atoms with Gasteiger partial charge >= 0.3 is 0 Å². The van der Waals surface area contributed by atoms with Crippen LogP contribution >= 0.6 is 0 Å². The van der Waals surface area contributed by atoms with Gasteiger partial charge in [-0.15, -0.1) is 0 Å². The van der Waals surface area contributed by atoms with Gasteiger partial charge in [-0.25, -0.2) is 4.98 Å². The van der Waals surface area contributed by atoms with Gasteiger partial charge in [0, 0.05) is 38.4 Å². The zero-order valence-corrected chi connectivity index (χ0v) is 21.0. The summed E-state index contributed by atoms with van der Waals surface area (Å²) in [5.74, 6) is 2.81. The second-order valence-electron chi connectivity index (χ2n) is 9.62. The lowest BCUT2D eigenvalue weighted by molar-refractivity contribution is 0.0522. The Morgan fingerprint density at radius 1 is 0.865 bits per heavy atom. The molecule has 2 aliphatic heterocycles. The van der Waals surface area contributed by atoms with Crippen LogP contribution in [-0.4, -0.2) is 66.9 Å². The highest BCUT2D eigenvalue weighted by Gasteiger charge is 2.22. The normalized spacial score (nSPS) is 17.9. The third-order valence-electron chi connectivity index (χ3n) is 7.00. The summed E-state index contributed by atoms with van der Waals surface area (Å²) in [7, 11) is 0. The van der Waals surface area contributed by atoms with Gasteiger partial charge in [-0.2, -0.15) is 4.98 Å². The third-order valence-corrected chi connectivity index (χ3v) is 7.00. The molecular formula is C30H32N4O3. The molecule has 0 bridgehead atoms. The van der Waals surface area contributed by atoms with Gasteiger partial charge in [0.05, 0.1) is 0 Å². The summed E-state index contributed by atoms with van der Waals surface area (Å²) in [6, 6.07) is 24.9. The first kappa shape index (κ1) is 23.6. The second-order valence-corrected chi connectivity index (χ2v) is 9.62. The monoisotopic (exact) mass is 496 g/mol. The molecule has 0 saturated carbocycles. The minimum absolute atomic E-state index is 0.178. The van der Waals surface area contributed by atoms with Crippen molar-refractivity contribution in [3.8, 4) is 17.4 Å². The molecule has 3 heterocycles. The molecule has 7 heteroatoms. The number of aromatic nitrogens is 2. The number of ether oxygens (including phenoxy) is 3. The summed E-state index contributed by atoms with van der Waals surface area (Å²) >= 11 is 0. The molecule has 0 amide bonds. The van der Waals surface area contributed by atoms with Crippen molar-refractivity contribution in [1.29, 1.82) is 0 Å². The number of para-hydroxylation sites is 2. The topological polar surface area (TPSA) is 60.0 Å². The van der Waals surface area contributed by atoms with E-state index in [2.05, 4.69) is 57.2 Å². The molecule has 1 fully saturated rings. The van der Waals surface area contributed by atoms with Gasteiger partial charge in [0.25, 0.3) is 0 Å². The first-order chi connectivity index (χ1) is 18.3. The Kier molecular flexibility index (Phi) is 7.03. The molecule has 1 saturated heterocycles. The molecule has 3 aromatic carbocycles. The number of benzene rings is 3. The molecule has 0 radical (unpaired) electrons. The molecule has 1 unspecified atom stereocenters. The number of rotatable bonds is 7.